The van der Waals surface area contributed by atoms with Gasteiger partial charge in [-0.1, -0.05) is 6.42 Å². The highest BCUT2D eigenvalue weighted by Gasteiger charge is 2.37. The number of piperidine rings is 1. The van der Waals surface area contributed by atoms with Crippen molar-refractivity contribution in [2.75, 3.05) is 13.7 Å². The highest BCUT2D eigenvalue weighted by atomic mass is 32.2. The molecule has 1 atom stereocenters. The molecule has 0 aromatic carbocycles. The third kappa shape index (κ3) is 2.89. The molecule has 23 heavy (non-hydrogen) atoms. The van der Waals surface area contributed by atoms with Crippen molar-refractivity contribution in [1.82, 2.24) is 14.3 Å². The molecule has 0 bridgehead atoms. The first-order valence-corrected chi connectivity index (χ1v) is 8.67. The van der Waals surface area contributed by atoms with E-state index in [1.807, 2.05) is 0 Å². The number of ether oxygens (including phenoxy) is 1. The maximum absolute atomic E-state index is 12.9. The van der Waals surface area contributed by atoms with Crippen molar-refractivity contribution in [3.8, 4) is 0 Å². The van der Waals surface area contributed by atoms with Gasteiger partial charge in [-0.3, -0.25) is 0 Å². The van der Waals surface area contributed by atoms with Gasteiger partial charge in [0.2, 0.25) is 10.9 Å². The number of H-pyrrole nitrogens is 1. The van der Waals surface area contributed by atoms with Crippen molar-refractivity contribution in [2.24, 2.45) is 0 Å². The fourth-order valence-corrected chi connectivity index (χ4v) is 4.29. The summed E-state index contributed by atoms with van der Waals surface area (Å²) >= 11 is 0. The Morgan fingerprint density at radius 1 is 1.43 bits per heavy atom. The first-order valence-electron chi connectivity index (χ1n) is 7.23. The Balaban J connectivity index is 1.93. The number of aromatic amines is 1. The van der Waals surface area contributed by atoms with E-state index in [4.69, 9.17) is 4.42 Å². The number of methoxy groups -OCH3 is 1. The lowest BCUT2D eigenvalue weighted by molar-refractivity contribution is 0.0558. The summed E-state index contributed by atoms with van der Waals surface area (Å²) in [6, 6.07) is 2.20. The number of carbonyl (C=O) groups excluding carboxylic acids is 1. The summed E-state index contributed by atoms with van der Waals surface area (Å²) in [5, 5.41) is -0.267. The summed E-state index contributed by atoms with van der Waals surface area (Å²) in [7, 11) is -2.65. The van der Waals surface area contributed by atoms with E-state index in [0.29, 0.717) is 18.8 Å². The molecular formula is C14H17N3O5S. The number of carbonyl (C=O) groups is 1. The first kappa shape index (κ1) is 15.8. The zero-order chi connectivity index (χ0) is 16.4. The van der Waals surface area contributed by atoms with Crippen LogP contribution >= 0.6 is 0 Å². The lowest BCUT2D eigenvalue weighted by atomic mass is 10.0. The molecule has 0 radical (unpaired) electrons. The largest absolute Gasteiger partial charge is 0.463 e. The van der Waals surface area contributed by atoms with E-state index < -0.39 is 16.0 Å². The van der Waals surface area contributed by atoms with Gasteiger partial charge in [0.1, 0.15) is 5.82 Å². The second-order valence-corrected chi connectivity index (χ2v) is 7.03. The number of rotatable bonds is 4. The number of hydrogen-bond acceptors (Lipinski definition) is 6. The maximum atomic E-state index is 12.9. The van der Waals surface area contributed by atoms with Crippen LogP contribution in [0, 0.1) is 0 Å². The third-order valence-electron chi connectivity index (χ3n) is 3.82. The molecule has 1 saturated heterocycles. The second kappa shape index (κ2) is 6.17. The molecular weight excluding hydrogens is 322 g/mol. The quantitative estimate of drug-likeness (QED) is 0.850. The minimum Gasteiger partial charge on any atom is -0.463 e. The molecule has 3 heterocycles. The van der Waals surface area contributed by atoms with E-state index in [-0.39, 0.29) is 16.9 Å². The van der Waals surface area contributed by atoms with Crippen LogP contribution in [0.1, 0.15) is 41.7 Å². The molecule has 0 saturated carbocycles. The van der Waals surface area contributed by atoms with Crippen LogP contribution in [-0.4, -0.2) is 42.3 Å². The number of esters is 1. The summed E-state index contributed by atoms with van der Waals surface area (Å²) < 4.78 is 36.8. The molecule has 9 heteroatoms. The van der Waals surface area contributed by atoms with Crippen molar-refractivity contribution >= 4 is 16.0 Å². The van der Waals surface area contributed by atoms with Crippen LogP contribution in [0.5, 0.6) is 0 Å². The maximum Gasteiger partial charge on any atom is 0.374 e. The molecule has 0 amide bonds. The minimum absolute atomic E-state index is 0.141. The van der Waals surface area contributed by atoms with Crippen LogP contribution in [0.25, 0.3) is 0 Å². The Kier molecular flexibility index (Phi) is 4.22. The summed E-state index contributed by atoms with van der Waals surface area (Å²) in [4.78, 5) is 18.6. The van der Waals surface area contributed by atoms with Crippen molar-refractivity contribution in [3.05, 3.63) is 36.1 Å². The van der Waals surface area contributed by atoms with Gasteiger partial charge in [-0.25, -0.2) is 18.2 Å². The number of imidazole rings is 1. The standard InChI is InChI=1S/C14H17N3O5S/c1-21-14(18)11-5-6-12(22-11)23(19,20)17-9-3-2-4-10(17)13-15-7-8-16-13/h5-8,10H,2-4,9H2,1H3,(H,15,16)/t10-/m1/s1. The number of nitrogens with zero attached hydrogens (tertiary/aromatic N) is 2. The molecule has 0 aliphatic carbocycles. The van der Waals surface area contributed by atoms with E-state index in [0.717, 1.165) is 12.8 Å². The van der Waals surface area contributed by atoms with Crippen molar-refractivity contribution in [3.63, 3.8) is 0 Å². The van der Waals surface area contributed by atoms with E-state index in [2.05, 4.69) is 14.7 Å². The van der Waals surface area contributed by atoms with Gasteiger partial charge in [0.25, 0.3) is 10.0 Å². The first-order chi connectivity index (χ1) is 11.0. The van der Waals surface area contributed by atoms with Gasteiger partial charge < -0.3 is 14.1 Å². The molecule has 2 aromatic heterocycles. The number of nitrogens with one attached hydrogen (secondary N) is 1. The van der Waals surface area contributed by atoms with Crippen molar-refractivity contribution in [1.29, 1.82) is 0 Å². The fraction of sp³-hybridized carbons (Fsp3) is 0.429. The monoisotopic (exact) mass is 339 g/mol. The van der Waals surface area contributed by atoms with E-state index in [1.54, 1.807) is 12.4 Å². The van der Waals surface area contributed by atoms with Crippen molar-refractivity contribution < 1.29 is 22.4 Å². The van der Waals surface area contributed by atoms with E-state index in [9.17, 15) is 13.2 Å². The molecule has 2 aromatic rings. The minimum atomic E-state index is -3.86. The summed E-state index contributed by atoms with van der Waals surface area (Å²) in [6.45, 7) is 0.377. The molecule has 3 rings (SSSR count). The average molecular weight is 339 g/mol. The van der Waals surface area contributed by atoms with E-state index in [1.165, 1.54) is 23.5 Å². The van der Waals surface area contributed by atoms with Gasteiger partial charge in [-0.05, 0) is 25.0 Å². The van der Waals surface area contributed by atoms with Gasteiger partial charge in [-0.2, -0.15) is 4.31 Å². The van der Waals surface area contributed by atoms with Crippen molar-refractivity contribution in [2.45, 2.75) is 30.4 Å². The number of aromatic nitrogens is 2. The summed E-state index contributed by atoms with van der Waals surface area (Å²) in [5.41, 5.74) is 0. The van der Waals surface area contributed by atoms with Crippen LogP contribution in [0.15, 0.2) is 34.0 Å². The number of furan rings is 1. The average Bonchev–Trinajstić information content (AvgIpc) is 3.25. The fourth-order valence-electron chi connectivity index (χ4n) is 2.71. The lowest BCUT2D eigenvalue weighted by Gasteiger charge is -2.32. The molecule has 124 valence electrons. The zero-order valence-electron chi connectivity index (χ0n) is 12.6. The topological polar surface area (TPSA) is 106 Å². The van der Waals surface area contributed by atoms with Gasteiger partial charge in [0.05, 0.1) is 13.2 Å². The smallest absolute Gasteiger partial charge is 0.374 e. The van der Waals surface area contributed by atoms with Crippen LogP contribution in [0.4, 0.5) is 0 Å². The Bertz CT molecular complexity index is 781. The highest BCUT2D eigenvalue weighted by Crippen LogP contribution is 2.34. The van der Waals surface area contributed by atoms with Crippen LogP contribution in [0.2, 0.25) is 0 Å². The van der Waals surface area contributed by atoms with E-state index >= 15 is 0 Å². The predicted octanol–water partition coefficient (Wildman–Crippen LogP) is 1.71. The van der Waals surface area contributed by atoms with Gasteiger partial charge in [-0.15, -0.1) is 0 Å². The lowest BCUT2D eigenvalue weighted by Crippen LogP contribution is -2.38. The van der Waals surface area contributed by atoms with Gasteiger partial charge in [0.15, 0.2) is 0 Å². The Morgan fingerprint density at radius 2 is 2.26 bits per heavy atom. The molecule has 1 aliphatic heterocycles. The predicted molar refractivity (Wildman–Crippen MR) is 79.1 cm³/mol. The summed E-state index contributed by atoms with van der Waals surface area (Å²) in [6.07, 6.45) is 5.62. The summed E-state index contributed by atoms with van der Waals surface area (Å²) in [5.74, 6) is -0.252. The van der Waals surface area contributed by atoms with Gasteiger partial charge >= 0.3 is 5.97 Å². The normalized spacial score (nSPS) is 19.6. The Labute approximate surface area is 133 Å². The SMILES string of the molecule is COC(=O)c1ccc(S(=O)(=O)N2CCCC[C@@H]2c2ncc[nH]2)o1. The molecule has 1 fully saturated rings. The molecule has 0 unspecified atom stereocenters. The molecule has 1 aliphatic rings. The third-order valence-corrected chi connectivity index (χ3v) is 5.60. The Morgan fingerprint density at radius 3 is 2.96 bits per heavy atom. The number of hydrogen-bond donors (Lipinski definition) is 1. The van der Waals surface area contributed by atoms with Crippen LogP contribution in [-0.2, 0) is 14.8 Å². The highest BCUT2D eigenvalue weighted by molar-refractivity contribution is 7.89. The molecule has 1 N–H and O–H groups in total. The Hall–Kier alpha value is -2.13. The second-order valence-electron chi connectivity index (χ2n) is 5.21. The molecule has 8 nitrogen and oxygen atoms in total. The zero-order valence-corrected chi connectivity index (χ0v) is 13.4. The van der Waals surface area contributed by atoms with Crippen LogP contribution in [0.3, 0.4) is 0 Å². The number of sulfonamides is 1. The molecule has 0 spiro atoms. The van der Waals surface area contributed by atoms with Crippen LogP contribution < -0.4 is 0 Å². The van der Waals surface area contributed by atoms with Gasteiger partial charge in [0, 0.05) is 18.9 Å².